The standard InChI is InChI=1S/C14H17BO2/c1-4-8-13-11(5-2)12-9-6-7-10-14(12)17-15(3)16-13/h4-5,7-8,10H,1,6,9H2,2-3H3/b11-5-,13-8+. The van der Waals surface area contributed by atoms with Gasteiger partial charge in [0.1, 0.15) is 11.5 Å². The Kier molecular flexibility index (Phi) is 3.57. The highest BCUT2D eigenvalue weighted by molar-refractivity contribution is 6.43. The summed E-state index contributed by atoms with van der Waals surface area (Å²) >= 11 is 0. The average Bonchev–Trinajstić information content (AvgIpc) is 2.44. The van der Waals surface area contributed by atoms with Crippen LogP contribution in [-0.2, 0) is 9.31 Å². The zero-order chi connectivity index (χ0) is 12.3. The molecule has 0 N–H and O–H groups in total. The third-order valence-corrected chi connectivity index (χ3v) is 2.86. The summed E-state index contributed by atoms with van der Waals surface area (Å²) in [5.41, 5.74) is 2.35. The molecule has 17 heavy (non-hydrogen) atoms. The number of hydrogen-bond donors (Lipinski definition) is 0. The van der Waals surface area contributed by atoms with Gasteiger partial charge in [-0.3, -0.25) is 0 Å². The van der Waals surface area contributed by atoms with Crippen LogP contribution in [0.1, 0.15) is 19.8 Å². The lowest BCUT2D eigenvalue weighted by atomic mass is 9.94. The van der Waals surface area contributed by atoms with E-state index in [1.54, 1.807) is 6.08 Å². The highest BCUT2D eigenvalue weighted by Gasteiger charge is 2.28. The van der Waals surface area contributed by atoms with Crippen molar-refractivity contribution in [2.24, 2.45) is 0 Å². The molecule has 0 amide bonds. The van der Waals surface area contributed by atoms with E-state index in [0.717, 1.165) is 29.9 Å². The molecule has 1 heterocycles. The molecule has 0 fully saturated rings. The van der Waals surface area contributed by atoms with Gasteiger partial charge < -0.3 is 9.31 Å². The van der Waals surface area contributed by atoms with Crippen LogP contribution < -0.4 is 0 Å². The smallest absolute Gasteiger partial charge is 0.526 e. The van der Waals surface area contributed by atoms with Crippen LogP contribution in [0.15, 0.2) is 59.6 Å². The van der Waals surface area contributed by atoms with Crippen LogP contribution in [0, 0.1) is 0 Å². The van der Waals surface area contributed by atoms with Crippen LogP contribution in [0.25, 0.3) is 0 Å². The first-order valence-electron chi connectivity index (χ1n) is 5.99. The number of rotatable bonds is 1. The van der Waals surface area contributed by atoms with Gasteiger partial charge in [-0.15, -0.1) is 0 Å². The molecule has 3 heteroatoms. The molecule has 1 aliphatic carbocycles. The highest BCUT2D eigenvalue weighted by atomic mass is 16.6. The van der Waals surface area contributed by atoms with Gasteiger partial charge in [-0.2, -0.15) is 0 Å². The molecule has 0 spiro atoms. The Morgan fingerprint density at radius 2 is 2.24 bits per heavy atom. The predicted octanol–water partition coefficient (Wildman–Crippen LogP) is 3.77. The zero-order valence-corrected chi connectivity index (χ0v) is 10.4. The Morgan fingerprint density at radius 3 is 2.94 bits per heavy atom. The summed E-state index contributed by atoms with van der Waals surface area (Å²) in [7, 11) is -0.272. The summed E-state index contributed by atoms with van der Waals surface area (Å²) in [6.07, 6.45) is 11.9. The van der Waals surface area contributed by atoms with Crippen molar-refractivity contribution < 1.29 is 9.31 Å². The monoisotopic (exact) mass is 228 g/mol. The molecule has 0 atom stereocenters. The van der Waals surface area contributed by atoms with Crippen LogP contribution in [0.3, 0.4) is 0 Å². The second-order valence-electron chi connectivity index (χ2n) is 4.06. The van der Waals surface area contributed by atoms with Gasteiger partial charge in [-0.05, 0) is 38.7 Å². The van der Waals surface area contributed by atoms with Crippen LogP contribution in [-0.4, -0.2) is 7.12 Å². The van der Waals surface area contributed by atoms with Gasteiger partial charge in [0.2, 0.25) is 0 Å². The largest absolute Gasteiger partial charge is 0.591 e. The average molecular weight is 228 g/mol. The van der Waals surface area contributed by atoms with Crippen LogP contribution in [0.2, 0.25) is 6.82 Å². The normalized spacial score (nSPS) is 24.2. The minimum absolute atomic E-state index is 0.272. The summed E-state index contributed by atoms with van der Waals surface area (Å²) in [4.78, 5) is 0. The maximum Gasteiger partial charge on any atom is 0.591 e. The van der Waals surface area contributed by atoms with Gasteiger partial charge in [0.05, 0.1) is 0 Å². The molecule has 0 bridgehead atoms. The Bertz CT molecular complexity index is 441. The van der Waals surface area contributed by atoms with Crippen LogP contribution in [0.5, 0.6) is 0 Å². The number of hydrogen-bond acceptors (Lipinski definition) is 2. The van der Waals surface area contributed by atoms with Crippen molar-refractivity contribution in [1.82, 2.24) is 0 Å². The van der Waals surface area contributed by atoms with E-state index in [4.69, 9.17) is 9.31 Å². The number of allylic oxidation sites excluding steroid dienone is 6. The van der Waals surface area contributed by atoms with E-state index in [1.807, 2.05) is 25.9 Å². The summed E-state index contributed by atoms with van der Waals surface area (Å²) in [5, 5.41) is 0. The Balaban J connectivity index is 2.49. The van der Waals surface area contributed by atoms with E-state index in [1.165, 1.54) is 5.57 Å². The highest BCUT2D eigenvalue weighted by Crippen LogP contribution is 2.34. The molecule has 1 aliphatic heterocycles. The van der Waals surface area contributed by atoms with E-state index in [9.17, 15) is 0 Å². The molecule has 88 valence electrons. The SMILES string of the molecule is C=C/C=C1/OB(C)OC2=C(CCC=C2)/C1=C/C. The van der Waals surface area contributed by atoms with Crippen molar-refractivity contribution in [2.75, 3.05) is 0 Å². The molecular weight excluding hydrogens is 211 g/mol. The first-order valence-corrected chi connectivity index (χ1v) is 5.99. The summed E-state index contributed by atoms with van der Waals surface area (Å²) < 4.78 is 11.5. The quantitative estimate of drug-likeness (QED) is 0.636. The molecule has 0 aromatic rings. The minimum atomic E-state index is -0.272. The fourth-order valence-corrected chi connectivity index (χ4v) is 2.17. The van der Waals surface area contributed by atoms with Gasteiger partial charge in [0.25, 0.3) is 0 Å². The third kappa shape index (κ3) is 2.38. The Labute approximate surface area is 103 Å². The molecular formula is C14H17BO2. The van der Waals surface area contributed by atoms with Crippen molar-refractivity contribution >= 4 is 7.12 Å². The topological polar surface area (TPSA) is 18.5 Å². The van der Waals surface area contributed by atoms with Crippen molar-refractivity contribution in [3.63, 3.8) is 0 Å². The summed E-state index contributed by atoms with van der Waals surface area (Å²) in [6.45, 7) is 7.66. The molecule has 2 rings (SSSR count). The second-order valence-corrected chi connectivity index (χ2v) is 4.06. The van der Waals surface area contributed by atoms with Crippen LogP contribution >= 0.6 is 0 Å². The zero-order valence-electron chi connectivity index (χ0n) is 10.4. The van der Waals surface area contributed by atoms with Crippen molar-refractivity contribution in [3.8, 4) is 0 Å². The second kappa shape index (κ2) is 5.13. The van der Waals surface area contributed by atoms with Crippen molar-refractivity contribution in [3.05, 3.63) is 59.6 Å². The molecule has 0 saturated carbocycles. The molecule has 0 radical (unpaired) electrons. The minimum Gasteiger partial charge on any atom is -0.526 e. The van der Waals surface area contributed by atoms with E-state index >= 15 is 0 Å². The lowest BCUT2D eigenvalue weighted by Gasteiger charge is -2.15. The molecule has 2 nitrogen and oxygen atoms in total. The molecule has 0 aromatic heterocycles. The fourth-order valence-electron chi connectivity index (χ4n) is 2.17. The first-order chi connectivity index (χ1) is 8.26. The van der Waals surface area contributed by atoms with Gasteiger partial charge >= 0.3 is 7.12 Å². The van der Waals surface area contributed by atoms with E-state index in [0.29, 0.717) is 0 Å². The van der Waals surface area contributed by atoms with Gasteiger partial charge in [0, 0.05) is 11.1 Å². The molecule has 0 aromatic carbocycles. The van der Waals surface area contributed by atoms with Gasteiger partial charge in [-0.25, -0.2) is 0 Å². The third-order valence-electron chi connectivity index (χ3n) is 2.86. The predicted molar refractivity (Wildman–Crippen MR) is 71.2 cm³/mol. The summed E-state index contributed by atoms with van der Waals surface area (Å²) in [5.74, 6) is 1.78. The lowest BCUT2D eigenvalue weighted by Crippen LogP contribution is -2.15. The summed E-state index contributed by atoms with van der Waals surface area (Å²) in [6, 6.07) is 0. The van der Waals surface area contributed by atoms with E-state index < -0.39 is 0 Å². The molecule has 2 aliphatic rings. The first kappa shape index (κ1) is 11.8. The Morgan fingerprint density at radius 1 is 1.41 bits per heavy atom. The van der Waals surface area contributed by atoms with E-state index in [2.05, 4.69) is 18.7 Å². The Hall–Kier alpha value is -1.64. The maximum atomic E-state index is 5.78. The van der Waals surface area contributed by atoms with Crippen molar-refractivity contribution in [2.45, 2.75) is 26.6 Å². The molecule has 0 saturated heterocycles. The maximum absolute atomic E-state index is 5.78. The van der Waals surface area contributed by atoms with Crippen LogP contribution in [0.4, 0.5) is 0 Å². The van der Waals surface area contributed by atoms with Gasteiger partial charge in [-0.1, -0.05) is 24.8 Å². The van der Waals surface area contributed by atoms with Crippen molar-refractivity contribution in [1.29, 1.82) is 0 Å². The van der Waals surface area contributed by atoms with Gasteiger partial charge in [0.15, 0.2) is 0 Å². The van der Waals surface area contributed by atoms with E-state index in [-0.39, 0.29) is 7.12 Å². The molecule has 0 unspecified atom stereocenters. The fraction of sp³-hybridized carbons (Fsp3) is 0.286. The lowest BCUT2D eigenvalue weighted by molar-refractivity contribution is 0.322.